The third-order valence-corrected chi connectivity index (χ3v) is 9.71. The number of rotatable bonds is 3. The normalized spacial score (nSPS) is 30.4. The summed E-state index contributed by atoms with van der Waals surface area (Å²) >= 11 is 0. The molecule has 4 aliphatic rings. The molecule has 43 heavy (non-hydrogen) atoms. The van der Waals surface area contributed by atoms with Crippen LogP contribution < -0.4 is 5.32 Å². The number of hydrogen-bond acceptors (Lipinski definition) is 7. The van der Waals surface area contributed by atoms with Crippen molar-refractivity contribution in [3.63, 3.8) is 0 Å². The van der Waals surface area contributed by atoms with E-state index < -0.39 is 47.2 Å². The Balaban J connectivity index is 1.59. The molecule has 0 spiro atoms. The van der Waals surface area contributed by atoms with Gasteiger partial charge in [-0.3, -0.25) is 4.79 Å². The molecule has 230 valence electrons. The number of allylic oxidation sites excluding steroid dienone is 1. The quantitative estimate of drug-likeness (QED) is 0.310. The fourth-order valence-corrected chi connectivity index (χ4v) is 7.20. The number of aliphatic hydroxyl groups is 3. The highest BCUT2D eigenvalue weighted by atomic mass is 19.4. The van der Waals surface area contributed by atoms with Crippen molar-refractivity contribution in [3.8, 4) is 0 Å². The number of aromatic nitrogens is 1. The largest absolute Gasteiger partial charge is 0.459 e. The van der Waals surface area contributed by atoms with E-state index in [1.54, 1.807) is 26.8 Å². The molecule has 0 saturated heterocycles. The second-order valence-electron chi connectivity index (χ2n) is 12.2. The van der Waals surface area contributed by atoms with Crippen molar-refractivity contribution in [2.24, 2.45) is 5.92 Å². The predicted molar refractivity (Wildman–Crippen MR) is 146 cm³/mol. The lowest BCUT2D eigenvalue weighted by Gasteiger charge is -2.40. The summed E-state index contributed by atoms with van der Waals surface area (Å²) in [4.78, 5) is 30.2. The standard InChI is InChI=1S/C31H32F4N2O6/c1-4-30(42)18-10-16-14(7-8-29(3,41)19(18)12-43-28(30)40)9-17-24-21(37-27(39)26(38)31(33,34)35)6-5-15-13(2)20(32)11-22(23(15)24)36-25(16)17/h10-11,14,21,26,38,41-42H,4-9,12H2,1-3H3,(H,37,39)/b16-10+/t14?,21-,26+,29?,30?/m0/s1. The van der Waals surface area contributed by atoms with Gasteiger partial charge in [0.15, 0.2) is 5.60 Å². The number of benzene rings is 1. The molecule has 1 aliphatic heterocycles. The zero-order valence-corrected chi connectivity index (χ0v) is 23.9. The van der Waals surface area contributed by atoms with Crippen molar-refractivity contribution in [1.82, 2.24) is 10.3 Å². The second-order valence-corrected chi connectivity index (χ2v) is 12.2. The van der Waals surface area contributed by atoms with Gasteiger partial charge in [-0.05, 0) is 92.2 Å². The van der Waals surface area contributed by atoms with E-state index >= 15 is 4.39 Å². The first-order valence-corrected chi connectivity index (χ1v) is 14.4. The average molecular weight is 605 g/mol. The van der Waals surface area contributed by atoms with Gasteiger partial charge in [-0.2, -0.15) is 13.2 Å². The summed E-state index contributed by atoms with van der Waals surface area (Å²) in [5.74, 6) is -3.18. The van der Waals surface area contributed by atoms with E-state index in [1.165, 1.54) is 6.07 Å². The van der Waals surface area contributed by atoms with Crippen LogP contribution in [-0.4, -0.2) is 62.3 Å². The van der Waals surface area contributed by atoms with Gasteiger partial charge in [0, 0.05) is 22.6 Å². The van der Waals surface area contributed by atoms with Crippen LogP contribution in [0, 0.1) is 18.7 Å². The average Bonchev–Trinajstić information content (AvgIpc) is 3.28. The summed E-state index contributed by atoms with van der Waals surface area (Å²) in [5, 5.41) is 35.5. The zero-order chi connectivity index (χ0) is 31.2. The molecule has 1 aromatic carbocycles. The van der Waals surface area contributed by atoms with Gasteiger partial charge in [0.2, 0.25) is 6.10 Å². The van der Waals surface area contributed by atoms with Gasteiger partial charge in [0.25, 0.3) is 5.91 Å². The number of pyridine rings is 1. The molecule has 12 heteroatoms. The molecular weight excluding hydrogens is 572 g/mol. The minimum Gasteiger partial charge on any atom is -0.459 e. The maximum atomic E-state index is 15.1. The van der Waals surface area contributed by atoms with E-state index in [-0.39, 0.29) is 49.3 Å². The highest BCUT2D eigenvalue weighted by Crippen LogP contribution is 2.51. The fourth-order valence-electron chi connectivity index (χ4n) is 7.20. The molecule has 2 aromatic rings. The fraction of sp³-hybridized carbons (Fsp3) is 0.516. The zero-order valence-electron chi connectivity index (χ0n) is 23.9. The Kier molecular flexibility index (Phi) is 6.79. The Morgan fingerprint density at radius 1 is 1.26 bits per heavy atom. The summed E-state index contributed by atoms with van der Waals surface area (Å²) < 4.78 is 59.9. The van der Waals surface area contributed by atoms with Crippen molar-refractivity contribution < 1.29 is 47.2 Å². The van der Waals surface area contributed by atoms with Crippen molar-refractivity contribution in [1.29, 1.82) is 0 Å². The Morgan fingerprint density at radius 2 is 1.98 bits per heavy atom. The van der Waals surface area contributed by atoms with Crippen LogP contribution in [0.3, 0.4) is 0 Å². The SMILES string of the molecule is CCC1(O)C(=O)OCC2=C1/C=C1/c3nc4cc(F)c(C)c5c4c(c3CC1CCC2(C)O)[C@@H](NC(=O)[C@@H](O)C(F)(F)F)CC5. The van der Waals surface area contributed by atoms with E-state index in [4.69, 9.17) is 9.72 Å². The van der Waals surface area contributed by atoms with E-state index in [0.29, 0.717) is 57.3 Å². The van der Waals surface area contributed by atoms with Gasteiger partial charge in [-0.1, -0.05) is 6.92 Å². The Hall–Kier alpha value is -3.35. The molecule has 4 N–H and O–H groups in total. The number of halogens is 4. The third-order valence-electron chi connectivity index (χ3n) is 9.71. The molecule has 0 radical (unpaired) electrons. The molecule has 0 fully saturated rings. The summed E-state index contributed by atoms with van der Waals surface area (Å²) in [6.07, 6.45) is -5.21. The van der Waals surface area contributed by atoms with E-state index in [1.807, 2.05) is 0 Å². The topological polar surface area (TPSA) is 129 Å². The number of fused-ring (bicyclic) bond motifs is 4. The van der Waals surface area contributed by atoms with Crippen LogP contribution in [0.25, 0.3) is 16.5 Å². The van der Waals surface area contributed by atoms with E-state index in [0.717, 1.165) is 0 Å². The number of esters is 1. The lowest BCUT2D eigenvalue weighted by molar-refractivity contribution is -0.205. The monoisotopic (exact) mass is 604 g/mol. The van der Waals surface area contributed by atoms with E-state index in [9.17, 15) is 38.1 Å². The highest BCUT2D eigenvalue weighted by Gasteiger charge is 2.50. The molecule has 0 saturated carbocycles. The smallest absolute Gasteiger partial charge is 0.423 e. The third kappa shape index (κ3) is 4.48. The number of nitrogens with one attached hydrogen (secondary N) is 1. The van der Waals surface area contributed by atoms with Crippen molar-refractivity contribution in [3.05, 3.63) is 57.1 Å². The number of aryl methyl sites for hydroxylation is 1. The maximum absolute atomic E-state index is 15.1. The van der Waals surface area contributed by atoms with Crippen molar-refractivity contribution in [2.75, 3.05) is 6.61 Å². The lowest BCUT2D eigenvalue weighted by Crippen LogP contribution is -2.49. The number of amides is 1. The summed E-state index contributed by atoms with van der Waals surface area (Å²) in [6.45, 7) is 4.64. The van der Waals surface area contributed by atoms with E-state index in [2.05, 4.69) is 5.32 Å². The molecule has 1 amide bonds. The molecule has 1 aromatic heterocycles. The van der Waals surface area contributed by atoms with Crippen molar-refractivity contribution in [2.45, 2.75) is 88.8 Å². The number of nitrogens with zero attached hydrogens (tertiary/aromatic N) is 1. The van der Waals surface area contributed by atoms with Gasteiger partial charge < -0.3 is 25.4 Å². The van der Waals surface area contributed by atoms with Crippen LogP contribution in [0.4, 0.5) is 17.6 Å². The van der Waals surface area contributed by atoms with Gasteiger partial charge >= 0.3 is 12.1 Å². The number of hydrogen-bond donors (Lipinski definition) is 4. The number of ether oxygens (including phenoxy) is 1. The maximum Gasteiger partial charge on any atom is 0.423 e. The van der Waals surface area contributed by atoms with Gasteiger partial charge in [0.05, 0.1) is 22.9 Å². The van der Waals surface area contributed by atoms with Crippen LogP contribution in [-0.2, 0) is 27.2 Å². The molecule has 6 rings (SSSR count). The molecule has 8 nitrogen and oxygen atoms in total. The Morgan fingerprint density at radius 3 is 2.65 bits per heavy atom. The molecular formula is C31H32F4N2O6. The Bertz CT molecular complexity index is 1650. The summed E-state index contributed by atoms with van der Waals surface area (Å²) in [6, 6.07) is 0.348. The number of alkyl halides is 3. The first-order valence-electron chi connectivity index (χ1n) is 14.4. The number of carbonyl (C=O) groups excluding carboxylic acids is 2. The summed E-state index contributed by atoms with van der Waals surface area (Å²) in [7, 11) is 0. The van der Waals surface area contributed by atoms with Crippen molar-refractivity contribution >= 4 is 28.4 Å². The summed E-state index contributed by atoms with van der Waals surface area (Å²) in [5.41, 5.74) is 0.723. The molecule has 5 atom stereocenters. The molecule has 3 unspecified atom stereocenters. The van der Waals surface area contributed by atoms with Gasteiger partial charge in [-0.15, -0.1) is 0 Å². The van der Waals surface area contributed by atoms with Crippen LogP contribution in [0.5, 0.6) is 0 Å². The van der Waals surface area contributed by atoms with Crippen LogP contribution >= 0.6 is 0 Å². The molecule has 2 heterocycles. The minimum absolute atomic E-state index is 0.0259. The van der Waals surface area contributed by atoms with Crippen LogP contribution in [0.1, 0.15) is 73.5 Å². The van der Waals surface area contributed by atoms with Crippen LogP contribution in [0.2, 0.25) is 0 Å². The molecule has 3 aliphatic carbocycles. The van der Waals surface area contributed by atoms with Gasteiger partial charge in [-0.25, -0.2) is 14.2 Å². The van der Waals surface area contributed by atoms with Crippen LogP contribution in [0.15, 0.2) is 23.3 Å². The number of cyclic esters (lactones) is 1. The number of aliphatic hydroxyl groups excluding tert-OH is 1. The highest BCUT2D eigenvalue weighted by molar-refractivity contribution is 5.95. The lowest BCUT2D eigenvalue weighted by atomic mass is 9.74. The van der Waals surface area contributed by atoms with Gasteiger partial charge in [0.1, 0.15) is 12.4 Å². The number of carbonyl (C=O) groups is 2. The first-order chi connectivity index (χ1) is 20.1. The predicted octanol–water partition coefficient (Wildman–Crippen LogP) is 3.80. The minimum atomic E-state index is -5.15. The second kappa shape index (κ2) is 9.83. The molecule has 0 bridgehead atoms. The Labute approximate surface area is 244 Å². The first kappa shape index (κ1) is 29.7.